The maximum absolute atomic E-state index is 12.2. The van der Waals surface area contributed by atoms with E-state index >= 15 is 0 Å². The predicted molar refractivity (Wildman–Crippen MR) is 36.6 cm³/mol. The number of benzene rings is 1. The molecule has 0 fully saturated rings. The van der Waals surface area contributed by atoms with Crippen molar-refractivity contribution in [1.82, 2.24) is 0 Å². The van der Waals surface area contributed by atoms with Crippen molar-refractivity contribution in [3.05, 3.63) is 42.5 Å². The molecule has 46 valence electrons. The Bertz CT molecular complexity index is 201. The van der Waals surface area contributed by atoms with E-state index in [2.05, 4.69) is 6.58 Å². The molecule has 0 saturated heterocycles. The fourth-order valence-electron chi connectivity index (χ4n) is 0.619. The van der Waals surface area contributed by atoms with Crippen LogP contribution in [0.1, 0.15) is 5.56 Å². The fourth-order valence-corrected chi connectivity index (χ4v) is 0.619. The maximum atomic E-state index is 12.2. The summed E-state index contributed by atoms with van der Waals surface area (Å²) in [7, 11) is 0. The molecule has 0 N–H and O–H groups in total. The maximum Gasteiger partial charge on any atom is 0.123 e. The Labute approximate surface area is 53.6 Å². The zero-order valence-corrected chi connectivity index (χ0v) is 4.97. The predicted octanol–water partition coefficient (Wildman–Crippen LogP) is 2.63. The van der Waals surface area contributed by atoms with Gasteiger partial charge in [-0.05, 0) is 0 Å². The second-order valence-electron chi connectivity index (χ2n) is 1.77. The molecule has 0 unspecified atom stereocenters. The first kappa shape index (κ1) is 6.02. The van der Waals surface area contributed by atoms with Crippen molar-refractivity contribution in [1.29, 1.82) is 0 Å². The monoisotopic (exact) mass is 122 g/mol. The van der Waals surface area contributed by atoms with Crippen LogP contribution in [-0.4, -0.2) is 0 Å². The van der Waals surface area contributed by atoms with E-state index in [9.17, 15) is 4.39 Å². The van der Waals surface area contributed by atoms with Gasteiger partial charge in [0.05, 0.1) is 0 Å². The van der Waals surface area contributed by atoms with E-state index in [4.69, 9.17) is 0 Å². The molecule has 0 heterocycles. The second kappa shape index (κ2) is 2.44. The van der Waals surface area contributed by atoms with Gasteiger partial charge >= 0.3 is 0 Å². The van der Waals surface area contributed by atoms with Crippen molar-refractivity contribution in [3.63, 3.8) is 0 Å². The summed E-state index contributed by atoms with van der Waals surface area (Å²) >= 11 is 0. The number of rotatable bonds is 1. The van der Waals surface area contributed by atoms with Gasteiger partial charge in [0.2, 0.25) is 0 Å². The van der Waals surface area contributed by atoms with E-state index in [0.717, 1.165) is 0 Å². The lowest BCUT2D eigenvalue weighted by Crippen LogP contribution is -1.71. The normalized spacial score (nSPS) is 9.00. The van der Waals surface area contributed by atoms with Crippen LogP contribution in [0.3, 0.4) is 0 Å². The van der Waals surface area contributed by atoms with Crippen LogP contribution < -0.4 is 0 Å². The van der Waals surface area contributed by atoms with Crippen molar-refractivity contribution in [3.8, 4) is 0 Å². The van der Waals surface area contributed by atoms with Crippen LogP contribution in [0.2, 0.25) is 0 Å². The van der Waals surface area contributed by atoms with Gasteiger partial charge in [-0.2, -0.15) is 0 Å². The minimum atomic E-state index is -0.379. The molecule has 0 saturated carbocycles. The van der Waals surface area contributed by atoms with Gasteiger partial charge in [0.15, 0.2) is 0 Å². The van der Waals surface area contributed by atoms with Gasteiger partial charge in [-0.1, -0.05) is 36.9 Å². The van der Waals surface area contributed by atoms with Crippen molar-refractivity contribution in [2.24, 2.45) is 0 Å². The summed E-state index contributed by atoms with van der Waals surface area (Å²) in [6, 6.07) is 8.76. The molecule has 9 heavy (non-hydrogen) atoms. The van der Waals surface area contributed by atoms with Crippen LogP contribution in [0.5, 0.6) is 0 Å². The zero-order valence-electron chi connectivity index (χ0n) is 4.97. The Kier molecular flexibility index (Phi) is 1.63. The van der Waals surface area contributed by atoms with Gasteiger partial charge in [-0.25, -0.2) is 4.39 Å². The van der Waals surface area contributed by atoms with Gasteiger partial charge < -0.3 is 0 Å². The van der Waals surface area contributed by atoms with Gasteiger partial charge in [0.25, 0.3) is 0 Å². The van der Waals surface area contributed by atoms with E-state index in [-0.39, 0.29) is 5.83 Å². The molecule has 0 aliphatic rings. The summed E-state index contributed by atoms with van der Waals surface area (Å²) in [6.45, 7) is 3.16. The summed E-state index contributed by atoms with van der Waals surface area (Å²) < 4.78 is 12.2. The highest BCUT2D eigenvalue weighted by atomic mass is 19.1. The molecular weight excluding hydrogens is 115 g/mol. The quantitative estimate of drug-likeness (QED) is 0.537. The molecule has 0 aliphatic carbocycles. The van der Waals surface area contributed by atoms with Gasteiger partial charge in [0.1, 0.15) is 5.83 Å². The van der Waals surface area contributed by atoms with E-state index in [0.29, 0.717) is 5.56 Å². The van der Waals surface area contributed by atoms with Gasteiger partial charge in [-0.3, -0.25) is 0 Å². The minimum Gasteiger partial charge on any atom is -0.207 e. The molecule has 1 heteroatoms. The van der Waals surface area contributed by atoms with Crippen molar-refractivity contribution in [2.45, 2.75) is 0 Å². The Hall–Kier alpha value is -1.11. The third-order valence-corrected chi connectivity index (χ3v) is 1.09. The Morgan fingerprint density at radius 2 is 1.78 bits per heavy atom. The van der Waals surface area contributed by atoms with Crippen molar-refractivity contribution in [2.75, 3.05) is 0 Å². The van der Waals surface area contributed by atoms with E-state index in [1.807, 2.05) is 6.07 Å². The molecule has 1 aromatic rings. The standard InChI is InChI=1S/C8H7F/c1-7(9)8-5-3-2-4-6-8/h2-6H,1H2. The Morgan fingerprint density at radius 1 is 1.22 bits per heavy atom. The highest BCUT2D eigenvalue weighted by Crippen LogP contribution is 2.10. The first-order chi connectivity index (χ1) is 4.30. The fraction of sp³-hybridized carbons (Fsp3) is 0. The summed E-state index contributed by atoms with van der Waals surface area (Å²) in [5.41, 5.74) is 0.553. The zero-order chi connectivity index (χ0) is 6.69. The van der Waals surface area contributed by atoms with Crippen molar-refractivity contribution >= 4 is 5.83 Å². The molecular formula is C8H7F. The van der Waals surface area contributed by atoms with Crippen LogP contribution in [0.4, 0.5) is 4.39 Å². The lowest BCUT2D eigenvalue weighted by Gasteiger charge is -1.90. The van der Waals surface area contributed by atoms with Crippen LogP contribution >= 0.6 is 0 Å². The highest BCUT2D eigenvalue weighted by Gasteiger charge is 1.90. The summed E-state index contributed by atoms with van der Waals surface area (Å²) in [5.74, 6) is -0.379. The third kappa shape index (κ3) is 1.39. The van der Waals surface area contributed by atoms with Gasteiger partial charge in [-0.15, -0.1) is 0 Å². The van der Waals surface area contributed by atoms with E-state index < -0.39 is 0 Å². The molecule has 0 nitrogen and oxygen atoms in total. The van der Waals surface area contributed by atoms with Crippen LogP contribution in [0.15, 0.2) is 36.9 Å². The topological polar surface area (TPSA) is 0 Å². The molecule has 0 amide bonds. The smallest absolute Gasteiger partial charge is 0.123 e. The lowest BCUT2D eigenvalue weighted by molar-refractivity contribution is 0.763. The van der Waals surface area contributed by atoms with E-state index in [1.165, 1.54) is 0 Å². The van der Waals surface area contributed by atoms with Crippen LogP contribution in [-0.2, 0) is 0 Å². The summed E-state index contributed by atoms with van der Waals surface area (Å²) in [4.78, 5) is 0. The summed E-state index contributed by atoms with van der Waals surface area (Å²) in [5, 5.41) is 0. The summed E-state index contributed by atoms with van der Waals surface area (Å²) in [6.07, 6.45) is 0. The first-order valence-electron chi connectivity index (χ1n) is 2.70. The van der Waals surface area contributed by atoms with Crippen LogP contribution in [0, 0.1) is 0 Å². The SMILES string of the molecule is C=C(F)c1ccccc1. The molecule has 0 aliphatic heterocycles. The third-order valence-electron chi connectivity index (χ3n) is 1.09. The highest BCUT2D eigenvalue weighted by molar-refractivity contribution is 5.55. The van der Waals surface area contributed by atoms with Gasteiger partial charge in [0, 0.05) is 5.56 Å². The average molecular weight is 122 g/mol. The number of halogens is 1. The second-order valence-corrected chi connectivity index (χ2v) is 1.77. The molecule has 0 aromatic heterocycles. The lowest BCUT2D eigenvalue weighted by atomic mass is 10.2. The van der Waals surface area contributed by atoms with Crippen LogP contribution in [0.25, 0.3) is 5.83 Å². The Balaban J connectivity index is 2.98. The molecule has 1 aromatic carbocycles. The molecule has 0 radical (unpaired) electrons. The number of hydrogen-bond donors (Lipinski definition) is 0. The molecule has 0 spiro atoms. The Morgan fingerprint density at radius 3 is 2.11 bits per heavy atom. The first-order valence-corrected chi connectivity index (χ1v) is 2.70. The number of hydrogen-bond acceptors (Lipinski definition) is 0. The minimum absolute atomic E-state index is 0.379. The van der Waals surface area contributed by atoms with Crippen molar-refractivity contribution < 1.29 is 4.39 Å². The molecule has 1 rings (SSSR count). The largest absolute Gasteiger partial charge is 0.207 e. The molecule has 0 atom stereocenters. The average Bonchev–Trinajstić information content (AvgIpc) is 1.90. The van der Waals surface area contributed by atoms with E-state index in [1.54, 1.807) is 24.3 Å². The molecule has 0 bridgehead atoms.